The van der Waals surface area contributed by atoms with E-state index in [1.165, 1.54) is 4.57 Å². The van der Waals surface area contributed by atoms with Gasteiger partial charge in [-0.25, -0.2) is 0 Å². The van der Waals surface area contributed by atoms with Crippen LogP contribution < -0.4 is 10.9 Å². The van der Waals surface area contributed by atoms with Crippen LogP contribution in [0.2, 0.25) is 0 Å². The Bertz CT molecular complexity index is 1400. The fraction of sp³-hybridized carbons (Fsp3) is 0.320. The molecule has 0 unspecified atom stereocenters. The number of aromatic nitrogens is 3. The van der Waals surface area contributed by atoms with Crippen LogP contribution in [0.25, 0.3) is 21.7 Å². The average Bonchev–Trinajstić information content (AvgIpc) is 3.45. The van der Waals surface area contributed by atoms with Gasteiger partial charge in [-0.15, -0.1) is 0 Å². The number of amides is 1. The molecule has 1 amide bonds. The molecular weight excluding hydrogens is 418 g/mol. The predicted molar refractivity (Wildman–Crippen MR) is 129 cm³/mol. The number of fused-ring (bicyclic) bond motifs is 2. The number of aliphatic hydroxyl groups is 1. The first-order chi connectivity index (χ1) is 15.8. The summed E-state index contributed by atoms with van der Waals surface area (Å²) in [5.74, 6) is -0.156. The molecule has 1 aliphatic heterocycles. The highest BCUT2D eigenvalue weighted by molar-refractivity contribution is 5.95. The second kappa shape index (κ2) is 8.04. The normalized spacial score (nSPS) is 16.6. The Labute approximate surface area is 190 Å². The lowest BCUT2D eigenvalue weighted by atomic mass is 9.96. The average molecular weight is 446 g/mol. The molecule has 0 aliphatic carbocycles. The van der Waals surface area contributed by atoms with Gasteiger partial charge in [-0.3, -0.25) is 14.7 Å². The van der Waals surface area contributed by atoms with Crippen LogP contribution in [-0.4, -0.2) is 48.9 Å². The molecule has 3 N–H and O–H groups in total. The molecule has 1 atom stereocenters. The van der Waals surface area contributed by atoms with Gasteiger partial charge in [0.15, 0.2) is 0 Å². The minimum absolute atomic E-state index is 0.0589. The van der Waals surface area contributed by atoms with E-state index >= 15 is 0 Å². The van der Waals surface area contributed by atoms with Crippen molar-refractivity contribution in [1.82, 2.24) is 19.7 Å². The molecule has 0 saturated carbocycles. The van der Waals surface area contributed by atoms with Crippen LogP contribution in [0.3, 0.4) is 0 Å². The number of hydrogen-bond acceptors (Lipinski definition) is 5. The zero-order valence-corrected chi connectivity index (χ0v) is 18.7. The maximum atomic E-state index is 13.4. The van der Waals surface area contributed by atoms with Gasteiger partial charge >= 0.3 is 0 Å². The summed E-state index contributed by atoms with van der Waals surface area (Å²) >= 11 is 0. The Balaban J connectivity index is 1.47. The van der Waals surface area contributed by atoms with E-state index in [-0.39, 0.29) is 24.1 Å². The summed E-state index contributed by atoms with van der Waals surface area (Å²) in [5, 5.41) is 23.1. The summed E-state index contributed by atoms with van der Waals surface area (Å²) in [4.78, 5) is 28.2. The third-order valence-electron chi connectivity index (χ3n) is 6.42. The number of nitrogens with one attached hydrogen (secondary N) is 2. The molecule has 170 valence electrons. The first-order valence-corrected chi connectivity index (χ1v) is 11.2. The molecule has 4 aromatic rings. The number of aromatic amines is 1. The number of nitrogens with zero attached hydrogens (tertiary/aromatic N) is 3. The molecule has 5 rings (SSSR count). The van der Waals surface area contributed by atoms with E-state index in [1.807, 2.05) is 42.5 Å². The summed E-state index contributed by atoms with van der Waals surface area (Å²) in [6.45, 7) is 3.99. The summed E-state index contributed by atoms with van der Waals surface area (Å²) in [7, 11) is 0. The van der Waals surface area contributed by atoms with Crippen molar-refractivity contribution in [2.24, 2.45) is 0 Å². The molecule has 3 heterocycles. The van der Waals surface area contributed by atoms with Crippen molar-refractivity contribution >= 4 is 39.0 Å². The third-order valence-corrected chi connectivity index (χ3v) is 6.42. The first kappa shape index (κ1) is 21.2. The highest BCUT2D eigenvalue weighted by Gasteiger charge is 2.38. The molecule has 0 spiro atoms. The molecule has 0 radical (unpaired) electrons. The van der Waals surface area contributed by atoms with Crippen molar-refractivity contribution < 1.29 is 9.90 Å². The summed E-state index contributed by atoms with van der Waals surface area (Å²) in [6, 6.07) is 13.1. The van der Waals surface area contributed by atoms with Crippen molar-refractivity contribution in [1.29, 1.82) is 0 Å². The number of benzene rings is 2. The van der Waals surface area contributed by atoms with Gasteiger partial charge in [0, 0.05) is 23.8 Å². The van der Waals surface area contributed by atoms with Gasteiger partial charge in [0.05, 0.1) is 34.4 Å². The second-order valence-electron chi connectivity index (χ2n) is 9.21. The van der Waals surface area contributed by atoms with Gasteiger partial charge in [-0.1, -0.05) is 12.1 Å². The SMILES string of the molecule is CC(C)(O)[C@@H]1CCCN1C(=O)Cn1ccc2cccc(Nc3ccc4[nH]ncc4c3)c2c1=O. The van der Waals surface area contributed by atoms with Gasteiger partial charge < -0.3 is 19.9 Å². The second-order valence-corrected chi connectivity index (χ2v) is 9.21. The smallest absolute Gasteiger partial charge is 0.261 e. The number of pyridine rings is 1. The number of likely N-dealkylation sites (tertiary alicyclic amines) is 1. The van der Waals surface area contributed by atoms with Crippen LogP contribution in [0, 0.1) is 0 Å². The highest BCUT2D eigenvalue weighted by atomic mass is 16.3. The minimum Gasteiger partial charge on any atom is -0.388 e. The van der Waals surface area contributed by atoms with Crippen molar-refractivity contribution in [3.8, 4) is 0 Å². The molecule has 2 aromatic carbocycles. The standard InChI is InChI=1S/C25H27N5O3/c1-25(2,33)21-7-4-11-30(21)22(31)15-29-12-10-16-5-3-6-20(23(16)24(29)32)27-18-8-9-19-17(13-18)14-26-28-19/h3,5-6,8-10,12-14,21,27,33H,4,7,11,15H2,1-2H3,(H,26,28)/t21-/m0/s1. The maximum absolute atomic E-state index is 13.4. The molecule has 1 aliphatic rings. The molecule has 2 aromatic heterocycles. The molecule has 33 heavy (non-hydrogen) atoms. The van der Waals surface area contributed by atoms with Crippen LogP contribution in [0.4, 0.5) is 11.4 Å². The number of carbonyl (C=O) groups is 1. The van der Waals surface area contributed by atoms with Crippen molar-refractivity contribution in [3.05, 3.63) is 65.2 Å². The Morgan fingerprint density at radius 1 is 1.24 bits per heavy atom. The van der Waals surface area contributed by atoms with E-state index in [0.717, 1.165) is 34.8 Å². The highest BCUT2D eigenvalue weighted by Crippen LogP contribution is 2.28. The topological polar surface area (TPSA) is 103 Å². The summed E-state index contributed by atoms with van der Waals surface area (Å²) < 4.78 is 1.45. The molecule has 8 heteroatoms. The van der Waals surface area contributed by atoms with Crippen LogP contribution in [0.5, 0.6) is 0 Å². The van der Waals surface area contributed by atoms with Gasteiger partial charge in [0.2, 0.25) is 5.91 Å². The monoisotopic (exact) mass is 445 g/mol. The van der Waals surface area contributed by atoms with Crippen molar-refractivity contribution in [2.45, 2.75) is 44.9 Å². The van der Waals surface area contributed by atoms with E-state index in [1.54, 1.807) is 31.1 Å². The van der Waals surface area contributed by atoms with E-state index in [0.29, 0.717) is 17.6 Å². The largest absolute Gasteiger partial charge is 0.388 e. The first-order valence-electron chi connectivity index (χ1n) is 11.2. The Morgan fingerprint density at radius 3 is 2.91 bits per heavy atom. The van der Waals surface area contributed by atoms with Crippen molar-refractivity contribution in [3.63, 3.8) is 0 Å². The molecule has 0 bridgehead atoms. The van der Waals surface area contributed by atoms with E-state index < -0.39 is 5.60 Å². The van der Waals surface area contributed by atoms with Crippen LogP contribution in [0.15, 0.2) is 59.7 Å². The Hall–Kier alpha value is -3.65. The fourth-order valence-electron chi connectivity index (χ4n) is 4.77. The van der Waals surface area contributed by atoms with Gasteiger partial charge in [0.25, 0.3) is 5.56 Å². The van der Waals surface area contributed by atoms with E-state index in [9.17, 15) is 14.7 Å². The lowest BCUT2D eigenvalue weighted by molar-refractivity contribution is -0.137. The number of rotatable bonds is 5. The van der Waals surface area contributed by atoms with Gasteiger partial charge in [0.1, 0.15) is 6.54 Å². The number of hydrogen-bond donors (Lipinski definition) is 3. The molecule has 1 saturated heterocycles. The predicted octanol–water partition coefficient (Wildman–Crippen LogP) is 3.38. The number of anilines is 2. The number of H-pyrrole nitrogens is 1. The van der Waals surface area contributed by atoms with Crippen LogP contribution in [0.1, 0.15) is 26.7 Å². The summed E-state index contributed by atoms with van der Waals surface area (Å²) in [5.41, 5.74) is 1.25. The van der Waals surface area contributed by atoms with E-state index in [2.05, 4.69) is 15.5 Å². The van der Waals surface area contributed by atoms with Gasteiger partial charge in [-0.2, -0.15) is 5.10 Å². The third kappa shape index (κ3) is 3.98. The quantitative estimate of drug-likeness (QED) is 0.437. The van der Waals surface area contributed by atoms with Gasteiger partial charge in [-0.05, 0) is 62.4 Å². The minimum atomic E-state index is -0.978. The van der Waals surface area contributed by atoms with Crippen LogP contribution >= 0.6 is 0 Å². The summed E-state index contributed by atoms with van der Waals surface area (Å²) in [6.07, 6.45) is 5.03. The fourth-order valence-corrected chi connectivity index (χ4v) is 4.77. The Kier molecular flexibility index (Phi) is 5.17. The maximum Gasteiger partial charge on any atom is 0.261 e. The molecular formula is C25H27N5O3. The molecule has 8 nitrogen and oxygen atoms in total. The molecule has 1 fully saturated rings. The zero-order valence-electron chi connectivity index (χ0n) is 18.7. The van der Waals surface area contributed by atoms with Crippen molar-refractivity contribution in [2.75, 3.05) is 11.9 Å². The van der Waals surface area contributed by atoms with Crippen LogP contribution in [-0.2, 0) is 11.3 Å². The lowest BCUT2D eigenvalue weighted by Crippen LogP contribution is -2.49. The number of carbonyl (C=O) groups excluding carboxylic acids is 1. The Morgan fingerprint density at radius 2 is 2.09 bits per heavy atom. The zero-order chi connectivity index (χ0) is 23.2. The van der Waals surface area contributed by atoms with E-state index in [4.69, 9.17) is 0 Å². The lowest BCUT2D eigenvalue weighted by Gasteiger charge is -2.34.